The molecule has 1 rings (SSSR count). The number of alkyl halides is 2. The number of carbonyl (C=O) groups excluding carboxylic acids is 1. The minimum absolute atomic E-state index is 0.0106. The molecular weight excluding hydrogens is 243 g/mol. The fourth-order valence-corrected chi connectivity index (χ4v) is 1.26. The van der Waals surface area contributed by atoms with E-state index in [0.29, 0.717) is 0 Å². The predicted octanol–water partition coefficient (Wildman–Crippen LogP) is 0.819. The van der Waals surface area contributed by atoms with Crippen molar-refractivity contribution in [1.29, 1.82) is 0 Å². The quantitative estimate of drug-likeness (QED) is 0.551. The second-order valence-corrected chi connectivity index (χ2v) is 3.76. The van der Waals surface area contributed by atoms with E-state index in [4.69, 9.17) is 10.0 Å². The van der Waals surface area contributed by atoms with Gasteiger partial charge in [-0.25, -0.2) is 8.78 Å². The van der Waals surface area contributed by atoms with Gasteiger partial charge in [-0.3, -0.25) is 4.79 Å². The number of carbonyl (C=O) groups is 1. The van der Waals surface area contributed by atoms with Gasteiger partial charge in [-0.2, -0.15) is 0 Å². The SMILES string of the molecule is C=C(C)C(=O)Nc1cc(B(O)O)ccc1C(F)F. The van der Waals surface area contributed by atoms with Gasteiger partial charge >= 0.3 is 7.12 Å². The van der Waals surface area contributed by atoms with Crippen LogP contribution >= 0.6 is 0 Å². The summed E-state index contributed by atoms with van der Waals surface area (Å²) in [7, 11) is -1.79. The molecule has 1 amide bonds. The maximum Gasteiger partial charge on any atom is 0.488 e. The van der Waals surface area contributed by atoms with Crippen molar-refractivity contribution in [2.24, 2.45) is 0 Å². The van der Waals surface area contributed by atoms with Crippen LogP contribution in [0.2, 0.25) is 0 Å². The van der Waals surface area contributed by atoms with Gasteiger partial charge in [0.05, 0.1) is 0 Å². The molecule has 0 spiro atoms. The van der Waals surface area contributed by atoms with E-state index in [-0.39, 0.29) is 16.7 Å². The summed E-state index contributed by atoms with van der Waals surface area (Å²) in [5.41, 5.74) is -0.390. The van der Waals surface area contributed by atoms with E-state index in [9.17, 15) is 13.6 Å². The standard InChI is InChI=1S/C11H12BF2NO3/c1-6(2)11(16)15-9-5-7(12(17)18)3-4-8(9)10(13)14/h3-5,10,17-18H,1H2,2H3,(H,15,16). The van der Waals surface area contributed by atoms with Crippen LogP contribution in [0.3, 0.4) is 0 Å². The smallest absolute Gasteiger partial charge is 0.423 e. The maximum atomic E-state index is 12.7. The first-order chi connectivity index (χ1) is 8.32. The molecule has 0 aliphatic rings. The monoisotopic (exact) mass is 255 g/mol. The number of hydrogen-bond acceptors (Lipinski definition) is 3. The Bertz CT molecular complexity index is 477. The number of benzene rings is 1. The fraction of sp³-hybridized carbons (Fsp3) is 0.182. The predicted molar refractivity (Wildman–Crippen MR) is 64.7 cm³/mol. The molecule has 0 fully saturated rings. The Hall–Kier alpha value is -1.73. The molecule has 7 heteroatoms. The number of amides is 1. The average Bonchev–Trinajstić information content (AvgIpc) is 2.28. The Morgan fingerprint density at radius 3 is 2.50 bits per heavy atom. The minimum Gasteiger partial charge on any atom is -0.423 e. The third kappa shape index (κ3) is 3.38. The van der Waals surface area contributed by atoms with Crippen molar-refractivity contribution in [3.8, 4) is 0 Å². The zero-order valence-corrected chi connectivity index (χ0v) is 9.65. The van der Waals surface area contributed by atoms with Crippen LogP contribution in [0.15, 0.2) is 30.4 Å². The number of halogens is 2. The summed E-state index contributed by atoms with van der Waals surface area (Å²) < 4.78 is 25.4. The van der Waals surface area contributed by atoms with E-state index in [0.717, 1.165) is 18.2 Å². The second-order valence-electron chi connectivity index (χ2n) is 3.76. The lowest BCUT2D eigenvalue weighted by molar-refractivity contribution is -0.112. The summed E-state index contributed by atoms with van der Waals surface area (Å²) in [4.78, 5) is 11.4. The van der Waals surface area contributed by atoms with E-state index in [2.05, 4.69) is 11.9 Å². The zero-order valence-electron chi connectivity index (χ0n) is 9.65. The molecule has 1 aromatic carbocycles. The van der Waals surface area contributed by atoms with E-state index >= 15 is 0 Å². The molecule has 4 nitrogen and oxygen atoms in total. The zero-order chi connectivity index (χ0) is 13.9. The van der Waals surface area contributed by atoms with Crippen LogP contribution in [0, 0.1) is 0 Å². The van der Waals surface area contributed by atoms with Gasteiger partial charge in [-0.1, -0.05) is 18.7 Å². The first-order valence-corrected chi connectivity index (χ1v) is 5.08. The lowest BCUT2D eigenvalue weighted by Crippen LogP contribution is -2.30. The summed E-state index contributed by atoms with van der Waals surface area (Å²) >= 11 is 0. The lowest BCUT2D eigenvalue weighted by atomic mass is 9.79. The van der Waals surface area contributed by atoms with Gasteiger partial charge in [0, 0.05) is 16.8 Å². The van der Waals surface area contributed by atoms with E-state index < -0.39 is 25.0 Å². The summed E-state index contributed by atoms with van der Waals surface area (Å²) in [5.74, 6) is -0.610. The molecule has 0 aliphatic carbocycles. The Labute approximate surface area is 103 Å². The minimum atomic E-state index is -2.78. The Kier molecular flexibility index (Phi) is 4.58. The van der Waals surface area contributed by atoms with Crippen molar-refractivity contribution in [1.82, 2.24) is 0 Å². The number of rotatable bonds is 4. The van der Waals surface area contributed by atoms with E-state index in [1.54, 1.807) is 0 Å². The Balaban J connectivity index is 3.15. The molecule has 0 saturated heterocycles. The summed E-state index contributed by atoms with van der Waals surface area (Å²) in [5, 5.41) is 20.2. The molecule has 96 valence electrons. The van der Waals surface area contributed by atoms with E-state index in [1.165, 1.54) is 6.92 Å². The van der Waals surface area contributed by atoms with Crippen molar-refractivity contribution in [3.05, 3.63) is 35.9 Å². The molecule has 0 atom stereocenters. The van der Waals surface area contributed by atoms with Gasteiger partial charge in [0.1, 0.15) is 0 Å². The lowest BCUT2D eigenvalue weighted by Gasteiger charge is -2.12. The van der Waals surface area contributed by atoms with Crippen LogP contribution in [0.4, 0.5) is 14.5 Å². The topological polar surface area (TPSA) is 69.6 Å². The molecule has 0 heterocycles. The fourth-order valence-electron chi connectivity index (χ4n) is 1.26. The normalized spacial score (nSPS) is 10.3. The van der Waals surface area contributed by atoms with Crippen LogP contribution in [-0.4, -0.2) is 23.1 Å². The van der Waals surface area contributed by atoms with E-state index in [1.807, 2.05) is 0 Å². The highest BCUT2D eigenvalue weighted by atomic mass is 19.3. The first-order valence-electron chi connectivity index (χ1n) is 5.08. The van der Waals surface area contributed by atoms with Gasteiger partial charge in [0.25, 0.3) is 12.3 Å². The first kappa shape index (κ1) is 14.3. The maximum absolute atomic E-state index is 12.7. The highest BCUT2D eigenvalue weighted by molar-refractivity contribution is 6.58. The van der Waals surface area contributed by atoms with Gasteiger partial charge in [0.2, 0.25) is 0 Å². The van der Waals surface area contributed by atoms with Gasteiger partial charge in [-0.05, 0) is 18.5 Å². The second kappa shape index (κ2) is 5.75. The van der Waals surface area contributed by atoms with Crippen LogP contribution in [0.1, 0.15) is 18.9 Å². The summed E-state index contributed by atoms with van der Waals surface area (Å²) in [6.45, 7) is 4.82. The molecule has 0 aliphatic heterocycles. The van der Waals surface area contributed by atoms with Gasteiger partial charge < -0.3 is 15.4 Å². The molecule has 0 unspecified atom stereocenters. The van der Waals surface area contributed by atoms with Crippen molar-refractivity contribution >= 4 is 24.2 Å². The number of nitrogens with one attached hydrogen (secondary N) is 1. The van der Waals surface area contributed by atoms with Crippen molar-refractivity contribution in [2.75, 3.05) is 5.32 Å². The molecule has 3 N–H and O–H groups in total. The van der Waals surface area contributed by atoms with Crippen LogP contribution < -0.4 is 10.8 Å². The van der Waals surface area contributed by atoms with Gasteiger partial charge in [-0.15, -0.1) is 0 Å². The molecule has 18 heavy (non-hydrogen) atoms. The summed E-state index contributed by atoms with van der Waals surface area (Å²) in [6.07, 6.45) is -2.78. The summed E-state index contributed by atoms with van der Waals surface area (Å²) in [6, 6.07) is 3.28. The average molecular weight is 255 g/mol. The molecular formula is C11H12BF2NO3. The largest absolute Gasteiger partial charge is 0.488 e. The van der Waals surface area contributed by atoms with Gasteiger partial charge in [0.15, 0.2) is 0 Å². The van der Waals surface area contributed by atoms with Crippen molar-refractivity contribution in [2.45, 2.75) is 13.3 Å². The molecule has 0 bridgehead atoms. The highest BCUT2D eigenvalue weighted by Crippen LogP contribution is 2.26. The Morgan fingerprint density at radius 2 is 2.06 bits per heavy atom. The third-order valence-corrected chi connectivity index (χ3v) is 2.25. The van der Waals surface area contributed by atoms with Crippen molar-refractivity contribution < 1.29 is 23.6 Å². The Morgan fingerprint density at radius 1 is 1.44 bits per heavy atom. The third-order valence-electron chi connectivity index (χ3n) is 2.25. The molecule has 0 saturated carbocycles. The molecule has 0 aromatic heterocycles. The van der Waals surface area contributed by atoms with Crippen LogP contribution in [0.25, 0.3) is 0 Å². The number of anilines is 1. The highest BCUT2D eigenvalue weighted by Gasteiger charge is 2.19. The molecule has 0 radical (unpaired) electrons. The van der Waals surface area contributed by atoms with Crippen molar-refractivity contribution in [3.63, 3.8) is 0 Å². The van der Waals surface area contributed by atoms with Crippen LogP contribution in [-0.2, 0) is 4.79 Å². The number of hydrogen-bond donors (Lipinski definition) is 3. The van der Waals surface area contributed by atoms with Crippen LogP contribution in [0.5, 0.6) is 0 Å². The molecule has 1 aromatic rings.